The minimum Gasteiger partial charge on any atom is -0.497 e. The average molecular weight is 329 g/mol. The Morgan fingerprint density at radius 1 is 1.08 bits per heavy atom. The van der Waals surface area contributed by atoms with Crippen molar-refractivity contribution in [3.63, 3.8) is 0 Å². The van der Waals surface area contributed by atoms with Crippen LogP contribution in [0.2, 0.25) is 0 Å². The fourth-order valence-corrected chi connectivity index (χ4v) is 3.02. The normalized spacial score (nSPS) is 16.1. The molecule has 6 heteroatoms. The quantitative estimate of drug-likeness (QED) is 0.878. The van der Waals surface area contributed by atoms with Gasteiger partial charge in [0, 0.05) is 24.9 Å². The number of ether oxygens (including phenoxy) is 2. The number of aliphatic hydroxyl groups excluding tert-OH is 1. The van der Waals surface area contributed by atoms with Gasteiger partial charge in [0.05, 0.1) is 13.7 Å². The van der Waals surface area contributed by atoms with Crippen molar-refractivity contribution in [2.24, 2.45) is 0 Å². The Kier molecular flexibility index (Phi) is 5.61. The van der Waals surface area contributed by atoms with Crippen LogP contribution in [0.4, 0.5) is 0 Å². The fourth-order valence-electron chi connectivity index (χ4n) is 3.02. The molecular formula is C18H23N3O3. The van der Waals surface area contributed by atoms with Crippen molar-refractivity contribution in [3.05, 3.63) is 42.4 Å². The molecule has 0 bridgehead atoms. The van der Waals surface area contributed by atoms with Crippen LogP contribution in [0.1, 0.15) is 24.5 Å². The van der Waals surface area contributed by atoms with E-state index in [1.807, 2.05) is 24.3 Å². The van der Waals surface area contributed by atoms with Gasteiger partial charge in [-0.05, 0) is 50.2 Å². The lowest BCUT2D eigenvalue weighted by Gasteiger charge is -2.31. The lowest BCUT2D eigenvalue weighted by molar-refractivity contribution is 0.163. The molecule has 1 saturated heterocycles. The summed E-state index contributed by atoms with van der Waals surface area (Å²) in [5, 5.41) is 9.05. The van der Waals surface area contributed by atoms with Crippen molar-refractivity contribution >= 4 is 0 Å². The molecule has 2 heterocycles. The molecule has 0 amide bonds. The first-order valence-electron chi connectivity index (χ1n) is 8.26. The van der Waals surface area contributed by atoms with Crippen molar-refractivity contribution in [1.82, 2.24) is 14.9 Å². The summed E-state index contributed by atoms with van der Waals surface area (Å²) in [7, 11) is 1.64. The van der Waals surface area contributed by atoms with Gasteiger partial charge in [-0.1, -0.05) is 0 Å². The zero-order valence-electron chi connectivity index (χ0n) is 13.9. The third-order valence-electron chi connectivity index (χ3n) is 4.36. The summed E-state index contributed by atoms with van der Waals surface area (Å²) >= 11 is 0. The van der Waals surface area contributed by atoms with Gasteiger partial charge in [-0.2, -0.15) is 0 Å². The Morgan fingerprint density at radius 2 is 1.75 bits per heavy atom. The van der Waals surface area contributed by atoms with E-state index in [0.29, 0.717) is 11.8 Å². The second-order valence-corrected chi connectivity index (χ2v) is 5.86. The molecule has 0 radical (unpaired) electrons. The molecule has 3 rings (SSSR count). The summed E-state index contributed by atoms with van der Waals surface area (Å²) in [4.78, 5) is 11.2. The van der Waals surface area contributed by atoms with Crippen molar-refractivity contribution < 1.29 is 14.6 Å². The van der Waals surface area contributed by atoms with Gasteiger partial charge in [0.15, 0.2) is 0 Å². The van der Waals surface area contributed by atoms with Crippen molar-refractivity contribution in [3.8, 4) is 17.4 Å². The highest BCUT2D eigenvalue weighted by Crippen LogP contribution is 2.33. The molecule has 0 saturated carbocycles. The Hall–Kier alpha value is -2.18. The topological polar surface area (TPSA) is 67.7 Å². The van der Waals surface area contributed by atoms with Crippen LogP contribution in [0, 0.1) is 0 Å². The molecule has 6 nitrogen and oxygen atoms in total. The summed E-state index contributed by atoms with van der Waals surface area (Å²) < 4.78 is 11.1. The maximum absolute atomic E-state index is 9.05. The Labute approximate surface area is 142 Å². The second-order valence-electron chi connectivity index (χ2n) is 5.86. The van der Waals surface area contributed by atoms with Crippen molar-refractivity contribution in [1.29, 1.82) is 0 Å². The minimum absolute atomic E-state index is 0.210. The predicted molar refractivity (Wildman–Crippen MR) is 90.6 cm³/mol. The SMILES string of the molecule is COc1ccc(Oc2nccnc2C2CCN(CCO)CC2)cc1. The predicted octanol–water partition coefficient (Wildman–Crippen LogP) is 2.45. The lowest BCUT2D eigenvalue weighted by atomic mass is 9.93. The maximum Gasteiger partial charge on any atom is 0.241 e. The van der Waals surface area contributed by atoms with Gasteiger partial charge in [0.25, 0.3) is 0 Å². The molecule has 1 aromatic heterocycles. The van der Waals surface area contributed by atoms with Gasteiger partial charge in [-0.3, -0.25) is 4.98 Å². The molecule has 0 aliphatic carbocycles. The fraction of sp³-hybridized carbons (Fsp3) is 0.444. The zero-order valence-corrected chi connectivity index (χ0v) is 13.9. The van der Waals surface area contributed by atoms with Gasteiger partial charge in [0.1, 0.15) is 17.2 Å². The highest BCUT2D eigenvalue weighted by atomic mass is 16.5. The third kappa shape index (κ3) is 4.01. The molecular weight excluding hydrogens is 306 g/mol. The molecule has 0 atom stereocenters. The van der Waals surface area contributed by atoms with E-state index in [0.717, 1.165) is 49.7 Å². The summed E-state index contributed by atoms with van der Waals surface area (Å²) in [6.07, 6.45) is 5.37. The molecule has 1 aromatic carbocycles. The van der Waals surface area contributed by atoms with E-state index >= 15 is 0 Å². The smallest absolute Gasteiger partial charge is 0.241 e. The van der Waals surface area contributed by atoms with Crippen LogP contribution in [0.25, 0.3) is 0 Å². The lowest BCUT2D eigenvalue weighted by Crippen LogP contribution is -2.35. The molecule has 1 N–H and O–H groups in total. The number of likely N-dealkylation sites (tertiary alicyclic amines) is 1. The maximum atomic E-state index is 9.05. The Morgan fingerprint density at radius 3 is 2.42 bits per heavy atom. The highest BCUT2D eigenvalue weighted by molar-refractivity contribution is 5.35. The van der Waals surface area contributed by atoms with E-state index in [-0.39, 0.29) is 6.61 Å². The number of hydrogen-bond acceptors (Lipinski definition) is 6. The molecule has 0 spiro atoms. The molecule has 2 aromatic rings. The minimum atomic E-state index is 0.210. The van der Waals surface area contributed by atoms with Gasteiger partial charge < -0.3 is 19.5 Å². The van der Waals surface area contributed by atoms with Crippen molar-refractivity contribution in [2.75, 3.05) is 33.4 Å². The van der Waals surface area contributed by atoms with E-state index in [1.165, 1.54) is 0 Å². The van der Waals surface area contributed by atoms with Crippen LogP contribution >= 0.6 is 0 Å². The largest absolute Gasteiger partial charge is 0.497 e. The van der Waals surface area contributed by atoms with Gasteiger partial charge in [-0.15, -0.1) is 0 Å². The van der Waals surface area contributed by atoms with Crippen LogP contribution in [0.3, 0.4) is 0 Å². The van der Waals surface area contributed by atoms with Crippen LogP contribution < -0.4 is 9.47 Å². The van der Waals surface area contributed by atoms with Crippen LogP contribution in [0.5, 0.6) is 17.4 Å². The monoisotopic (exact) mass is 329 g/mol. The van der Waals surface area contributed by atoms with Crippen molar-refractivity contribution in [2.45, 2.75) is 18.8 Å². The second kappa shape index (κ2) is 8.08. The van der Waals surface area contributed by atoms with Gasteiger partial charge in [0.2, 0.25) is 5.88 Å². The average Bonchev–Trinajstić information content (AvgIpc) is 2.64. The van der Waals surface area contributed by atoms with E-state index < -0.39 is 0 Å². The van der Waals surface area contributed by atoms with Gasteiger partial charge in [-0.25, -0.2) is 4.98 Å². The molecule has 1 fully saturated rings. The van der Waals surface area contributed by atoms with Crippen LogP contribution in [-0.2, 0) is 0 Å². The Bertz CT molecular complexity index is 640. The zero-order chi connectivity index (χ0) is 16.8. The molecule has 1 aliphatic rings. The summed E-state index contributed by atoms with van der Waals surface area (Å²) in [5.74, 6) is 2.42. The third-order valence-corrected chi connectivity index (χ3v) is 4.36. The van der Waals surface area contributed by atoms with E-state index in [9.17, 15) is 0 Å². The first-order valence-corrected chi connectivity index (χ1v) is 8.26. The van der Waals surface area contributed by atoms with E-state index in [2.05, 4.69) is 14.9 Å². The van der Waals surface area contributed by atoms with Crippen LogP contribution in [0.15, 0.2) is 36.7 Å². The number of nitrogens with zero attached hydrogens (tertiary/aromatic N) is 3. The molecule has 128 valence electrons. The van der Waals surface area contributed by atoms with E-state index in [1.54, 1.807) is 19.5 Å². The number of hydrogen-bond donors (Lipinski definition) is 1. The van der Waals surface area contributed by atoms with Gasteiger partial charge >= 0.3 is 0 Å². The Balaban J connectivity index is 1.71. The molecule has 24 heavy (non-hydrogen) atoms. The standard InChI is InChI=1S/C18H23N3O3/c1-23-15-2-4-16(5-3-15)24-18-17(19-8-9-20-18)14-6-10-21(11-7-14)12-13-22/h2-5,8-9,14,22H,6-7,10-13H2,1H3. The summed E-state index contributed by atoms with van der Waals surface area (Å²) in [6, 6.07) is 7.44. The number of methoxy groups -OCH3 is 1. The number of aromatic nitrogens is 2. The number of β-amino-alcohol motifs (C(OH)–C–C–N with tert-alkyl or cyclic N) is 1. The molecule has 1 aliphatic heterocycles. The highest BCUT2D eigenvalue weighted by Gasteiger charge is 2.24. The van der Waals surface area contributed by atoms with E-state index in [4.69, 9.17) is 14.6 Å². The number of piperidine rings is 1. The number of rotatable bonds is 6. The first kappa shape index (κ1) is 16.7. The number of aliphatic hydroxyl groups is 1. The summed E-state index contributed by atoms with van der Waals surface area (Å²) in [5.41, 5.74) is 0.914. The van der Waals surface area contributed by atoms with Crippen LogP contribution in [-0.4, -0.2) is 53.3 Å². The molecule has 0 unspecified atom stereocenters. The number of benzene rings is 1. The summed E-state index contributed by atoms with van der Waals surface area (Å²) in [6.45, 7) is 2.87. The first-order chi connectivity index (χ1) is 11.8.